The number of alkyl halides is 3. The second-order valence-corrected chi connectivity index (χ2v) is 9.92. The van der Waals surface area contributed by atoms with E-state index in [0.29, 0.717) is 29.9 Å². The number of pyridine rings is 1. The topological polar surface area (TPSA) is 131 Å². The van der Waals surface area contributed by atoms with Crippen molar-refractivity contribution in [2.45, 2.75) is 44.8 Å². The Hall–Kier alpha value is -4.68. The van der Waals surface area contributed by atoms with Crippen LogP contribution in [0.4, 0.5) is 29.6 Å². The number of halogens is 3. The highest BCUT2D eigenvalue weighted by molar-refractivity contribution is 6.04. The molecule has 5 rings (SSSR count). The van der Waals surface area contributed by atoms with Gasteiger partial charge in [-0.25, -0.2) is 19.7 Å². The molecule has 1 aliphatic heterocycles. The number of carbonyl (C=O) groups excluding carboxylic acids is 2. The molecule has 2 atom stereocenters. The average molecular weight is 567 g/mol. The van der Waals surface area contributed by atoms with E-state index in [9.17, 15) is 22.8 Å². The van der Waals surface area contributed by atoms with Crippen LogP contribution in [0.5, 0.6) is 0 Å². The fourth-order valence-corrected chi connectivity index (χ4v) is 5.07. The Morgan fingerprint density at radius 2 is 1.85 bits per heavy atom. The van der Waals surface area contributed by atoms with Gasteiger partial charge in [-0.3, -0.25) is 9.20 Å². The number of aromatic nitrogens is 4. The van der Waals surface area contributed by atoms with Crippen LogP contribution in [0.25, 0.3) is 16.8 Å². The van der Waals surface area contributed by atoms with Crippen LogP contribution in [0.3, 0.4) is 0 Å². The summed E-state index contributed by atoms with van der Waals surface area (Å²) in [6.07, 6.45) is 1.47. The molecule has 0 aliphatic carbocycles. The second kappa shape index (κ2) is 11.1. The van der Waals surface area contributed by atoms with Gasteiger partial charge in [0, 0.05) is 54.8 Å². The van der Waals surface area contributed by atoms with Crippen molar-refractivity contribution in [2.75, 3.05) is 24.1 Å². The number of nitrogens with one attached hydrogen (secondary N) is 2. The third-order valence-corrected chi connectivity index (χ3v) is 7.20. The highest BCUT2D eigenvalue weighted by atomic mass is 19.4. The van der Waals surface area contributed by atoms with Gasteiger partial charge in [0.05, 0.1) is 5.56 Å². The molecule has 1 saturated heterocycles. The highest BCUT2D eigenvalue weighted by Gasteiger charge is 2.33. The first kappa shape index (κ1) is 27.9. The number of urea groups is 1. The number of nitrogens with two attached hydrogens (primary N) is 1. The van der Waals surface area contributed by atoms with E-state index in [4.69, 9.17) is 10.7 Å². The van der Waals surface area contributed by atoms with Gasteiger partial charge >= 0.3 is 12.2 Å². The lowest BCUT2D eigenvalue weighted by Gasteiger charge is -2.37. The zero-order chi connectivity index (χ0) is 29.3. The molecular formula is C28H29F3N8O2. The third-order valence-electron chi connectivity index (χ3n) is 7.20. The first-order valence-electron chi connectivity index (χ1n) is 13.2. The summed E-state index contributed by atoms with van der Waals surface area (Å²) < 4.78 is 40.9. The van der Waals surface area contributed by atoms with Crippen molar-refractivity contribution in [3.05, 3.63) is 71.9 Å². The number of piperidine rings is 1. The summed E-state index contributed by atoms with van der Waals surface area (Å²) in [7, 11) is 0. The molecule has 0 spiro atoms. The standard InChI is InChI=1S/C28H29F3N8O2/c1-3-33-27(41)39-15-19(5-4-16(39)2)25-37-22(23-24(32)35-12-13-38(23)25)17-6-8-18(9-7-17)26(40)36-21-14-20(10-11-34-21)28(29,30)31/h6-14,16,19H,3-5,15H2,1-2H3,(H2,32,35)(H,33,41)(H,34,36,40)/t16-,19-/m1/s1. The van der Waals surface area contributed by atoms with Gasteiger partial charge in [0.1, 0.15) is 28.7 Å². The predicted molar refractivity (Wildman–Crippen MR) is 147 cm³/mol. The number of nitrogens with zero attached hydrogens (tertiary/aromatic N) is 5. The number of carbonyl (C=O) groups is 2. The van der Waals surface area contributed by atoms with Crippen LogP contribution in [-0.4, -0.2) is 55.3 Å². The number of rotatable bonds is 5. The van der Waals surface area contributed by atoms with Gasteiger partial charge in [0.2, 0.25) is 0 Å². The van der Waals surface area contributed by atoms with Crippen LogP contribution in [0, 0.1) is 0 Å². The molecule has 0 saturated carbocycles. The van der Waals surface area contributed by atoms with E-state index >= 15 is 0 Å². The largest absolute Gasteiger partial charge is 0.416 e. The summed E-state index contributed by atoms with van der Waals surface area (Å²) in [4.78, 5) is 40.2. The smallest absolute Gasteiger partial charge is 0.382 e. The van der Waals surface area contributed by atoms with Crippen LogP contribution < -0.4 is 16.4 Å². The summed E-state index contributed by atoms with van der Waals surface area (Å²) in [5.41, 5.74) is 7.45. The van der Waals surface area contributed by atoms with Crippen LogP contribution in [-0.2, 0) is 6.18 Å². The minimum Gasteiger partial charge on any atom is -0.382 e. The van der Waals surface area contributed by atoms with Crippen molar-refractivity contribution in [2.24, 2.45) is 0 Å². The minimum absolute atomic E-state index is 0.0399. The number of amides is 3. The summed E-state index contributed by atoms with van der Waals surface area (Å²) in [5.74, 6) is 0.177. The van der Waals surface area contributed by atoms with E-state index in [1.807, 2.05) is 23.1 Å². The van der Waals surface area contributed by atoms with E-state index in [2.05, 4.69) is 20.6 Å². The molecule has 41 heavy (non-hydrogen) atoms. The maximum Gasteiger partial charge on any atom is 0.416 e. The molecule has 1 fully saturated rings. The molecule has 3 amide bonds. The van der Waals surface area contributed by atoms with Crippen molar-refractivity contribution >= 4 is 29.1 Å². The maximum atomic E-state index is 13.0. The monoisotopic (exact) mass is 566 g/mol. The van der Waals surface area contributed by atoms with Crippen molar-refractivity contribution in [3.63, 3.8) is 0 Å². The molecule has 4 N–H and O–H groups in total. The van der Waals surface area contributed by atoms with Crippen molar-refractivity contribution < 1.29 is 22.8 Å². The Morgan fingerprint density at radius 1 is 1.10 bits per heavy atom. The number of likely N-dealkylation sites (tertiary alicyclic amines) is 1. The zero-order valence-electron chi connectivity index (χ0n) is 22.4. The maximum absolute atomic E-state index is 13.0. The van der Waals surface area contributed by atoms with Gasteiger partial charge in [-0.1, -0.05) is 12.1 Å². The van der Waals surface area contributed by atoms with Crippen LogP contribution in [0.1, 0.15) is 54.4 Å². The fraction of sp³-hybridized carbons (Fsp3) is 0.321. The van der Waals surface area contributed by atoms with E-state index < -0.39 is 17.6 Å². The normalized spacial score (nSPS) is 17.4. The molecule has 0 radical (unpaired) electrons. The fourth-order valence-electron chi connectivity index (χ4n) is 5.07. The van der Waals surface area contributed by atoms with E-state index in [1.165, 1.54) is 0 Å². The van der Waals surface area contributed by atoms with Gasteiger partial charge in [-0.15, -0.1) is 0 Å². The molecule has 0 bridgehead atoms. The quantitative estimate of drug-likeness (QED) is 0.314. The van der Waals surface area contributed by atoms with Crippen LogP contribution >= 0.6 is 0 Å². The number of benzene rings is 1. The summed E-state index contributed by atoms with van der Waals surface area (Å²) in [6, 6.07) is 8.08. The minimum atomic E-state index is -4.55. The summed E-state index contributed by atoms with van der Waals surface area (Å²) in [5, 5.41) is 5.28. The molecule has 13 heteroatoms. The van der Waals surface area contributed by atoms with E-state index in [0.717, 1.165) is 37.0 Å². The van der Waals surface area contributed by atoms with Gasteiger partial charge < -0.3 is 21.3 Å². The molecule has 10 nitrogen and oxygen atoms in total. The lowest BCUT2D eigenvalue weighted by atomic mass is 9.93. The summed E-state index contributed by atoms with van der Waals surface area (Å²) >= 11 is 0. The number of hydrogen-bond acceptors (Lipinski definition) is 6. The Kier molecular flexibility index (Phi) is 7.52. The van der Waals surface area contributed by atoms with Crippen LogP contribution in [0.15, 0.2) is 55.0 Å². The average Bonchev–Trinajstić information content (AvgIpc) is 3.34. The van der Waals surface area contributed by atoms with Gasteiger partial charge in [0.15, 0.2) is 0 Å². The SMILES string of the molecule is CCNC(=O)N1C[C@H](c2nc(-c3ccc(C(=O)Nc4cc(C(F)(F)F)ccn4)cc3)c3c(N)nccn23)CC[C@H]1C. The highest BCUT2D eigenvalue weighted by Crippen LogP contribution is 2.35. The Labute approximate surface area is 233 Å². The molecule has 1 aliphatic rings. The number of anilines is 2. The number of imidazole rings is 1. The molecule has 1 aromatic carbocycles. The van der Waals surface area contributed by atoms with Gasteiger partial charge in [-0.2, -0.15) is 13.2 Å². The van der Waals surface area contributed by atoms with Crippen molar-refractivity contribution in [3.8, 4) is 11.3 Å². The lowest BCUT2D eigenvalue weighted by Crippen LogP contribution is -2.49. The first-order chi connectivity index (χ1) is 19.6. The van der Waals surface area contributed by atoms with Gasteiger partial charge in [0.25, 0.3) is 5.91 Å². The number of fused-ring (bicyclic) bond motifs is 1. The Balaban J connectivity index is 1.42. The van der Waals surface area contributed by atoms with E-state index in [1.54, 1.807) is 36.7 Å². The lowest BCUT2D eigenvalue weighted by molar-refractivity contribution is -0.137. The molecule has 4 heterocycles. The number of nitrogen functional groups attached to an aromatic ring is 1. The van der Waals surface area contributed by atoms with Crippen LogP contribution in [0.2, 0.25) is 0 Å². The Morgan fingerprint density at radius 3 is 2.56 bits per heavy atom. The number of hydrogen-bond donors (Lipinski definition) is 3. The van der Waals surface area contributed by atoms with Crippen molar-refractivity contribution in [1.29, 1.82) is 0 Å². The van der Waals surface area contributed by atoms with E-state index in [-0.39, 0.29) is 35.2 Å². The second-order valence-electron chi connectivity index (χ2n) is 9.92. The zero-order valence-corrected chi connectivity index (χ0v) is 22.4. The summed E-state index contributed by atoms with van der Waals surface area (Å²) in [6.45, 7) is 4.95. The third kappa shape index (κ3) is 5.65. The molecule has 4 aromatic rings. The predicted octanol–water partition coefficient (Wildman–Crippen LogP) is 4.94. The van der Waals surface area contributed by atoms with Crippen molar-refractivity contribution in [1.82, 2.24) is 29.6 Å². The molecule has 0 unspecified atom stereocenters. The Bertz CT molecular complexity index is 1590. The molecule has 214 valence electrons. The first-order valence-corrected chi connectivity index (χ1v) is 13.2. The molecular weight excluding hydrogens is 537 g/mol. The molecule has 3 aromatic heterocycles. The van der Waals surface area contributed by atoms with Gasteiger partial charge in [-0.05, 0) is 51.0 Å².